The Morgan fingerprint density at radius 3 is 2.58 bits per heavy atom. The van der Waals surface area contributed by atoms with Gasteiger partial charge in [-0.2, -0.15) is 0 Å². The van der Waals surface area contributed by atoms with Gasteiger partial charge in [-0.3, -0.25) is 9.59 Å². The van der Waals surface area contributed by atoms with E-state index in [0.29, 0.717) is 17.7 Å². The topological polar surface area (TPSA) is 53.2 Å². The molecule has 0 atom stereocenters. The van der Waals surface area contributed by atoms with Crippen LogP contribution in [-0.4, -0.2) is 36.2 Å². The predicted molar refractivity (Wildman–Crippen MR) is 44.2 cm³/mol. The molecule has 0 radical (unpaired) electrons. The molecule has 0 saturated heterocycles. The highest BCUT2D eigenvalue weighted by Gasteiger charge is 2.08. The largest absolute Gasteiger partial charge is 0.348 e. The van der Waals surface area contributed by atoms with Crippen LogP contribution in [0.15, 0.2) is 12.1 Å². The first-order valence-corrected chi connectivity index (χ1v) is 3.51. The van der Waals surface area contributed by atoms with E-state index >= 15 is 0 Å². The zero-order valence-electron chi connectivity index (χ0n) is 7.00. The summed E-state index contributed by atoms with van der Waals surface area (Å²) in [5.74, 6) is -0.136. The zero-order valence-corrected chi connectivity index (χ0v) is 7.00. The minimum Gasteiger partial charge on any atom is -0.348 e. The van der Waals surface area contributed by atoms with E-state index in [2.05, 4.69) is 4.98 Å². The van der Waals surface area contributed by atoms with Crippen LogP contribution in [0.5, 0.6) is 0 Å². The van der Waals surface area contributed by atoms with E-state index in [1.54, 1.807) is 26.2 Å². The number of carbonyl (C=O) groups is 2. The summed E-state index contributed by atoms with van der Waals surface area (Å²) in [6, 6.07) is 3.16. The number of hydrogen-bond donors (Lipinski definition) is 1. The minimum atomic E-state index is -0.136. The fourth-order valence-electron chi connectivity index (χ4n) is 0.846. The van der Waals surface area contributed by atoms with Gasteiger partial charge in [-0.15, -0.1) is 0 Å². The Morgan fingerprint density at radius 2 is 2.17 bits per heavy atom. The molecular weight excluding hydrogens is 156 g/mol. The van der Waals surface area contributed by atoms with Crippen LogP contribution in [0.2, 0.25) is 0 Å². The maximum Gasteiger partial charge on any atom is 0.269 e. The van der Waals surface area contributed by atoms with E-state index in [9.17, 15) is 9.59 Å². The number of carbonyl (C=O) groups excluding carboxylic acids is 2. The third-order valence-corrected chi connectivity index (χ3v) is 1.47. The monoisotopic (exact) mass is 166 g/mol. The first-order chi connectivity index (χ1) is 5.65. The molecule has 0 aliphatic rings. The van der Waals surface area contributed by atoms with Gasteiger partial charge < -0.3 is 9.88 Å². The molecule has 0 aromatic carbocycles. The lowest BCUT2D eigenvalue weighted by Gasteiger charge is -2.07. The minimum absolute atomic E-state index is 0.136. The Morgan fingerprint density at radius 1 is 1.50 bits per heavy atom. The maximum atomic E-state index is 11.3. The first-order valence-electron chi connectivity index (χ1n) is 3.51. The Balaban J connectivity index is 2.89. The van der Waals surface area contributed by atoms with Gasteiger partial charge in [0.05, 0.1) is 5.69 Å². The van der Waals surface area contributed by atoms with Gasteiger partial charge in [-0.25, -0.2) is 0 Å². The molecule has 0 saturated carbocycles. The summed E-state index contributed by atoms with van der Waals surface area (Å²) in [4.78, 5) is 25.6. The average molecular weight is 166 g/mol. The second-order valence-corrected chi connectivity index (χ2v) is 2.64. The van der Waals surface area contributed by atoms with Crippen molar-refractivity contribution in [3.05, 3.63) is 23.5 Å². The molecule has 64 valence electrons. The lowest BCUT2D eigenvalue weighted by atomic mass is 10.4. The quantitative estimate of drug-likeness (QED) is 0.651. The number of amides is 1. The van der Waals surface area contributed by atoms with Gasteiger partial charge in [0.25, 0.3) is 5.91 Å². The van der Waals surface area contributed by atoms with Gasteiger partial charge in [-0.05, 0) is 12.1 Å². The van der Waals surface area contributed by atoms with E-state index in [0.717, 1.165) is 0 Å². The summed E-state index contributed by atoms with van der Waals surface area (Å²) in [5, 5.41) is 0. The van der Waals surface area contributed by atoms with Crippen molar-refractivity contribution in [3.8, 4) is 0 Å². The molecule has 1 N–H and O–H groups in total. The summed E-state index contributed by atoms with van der Waals surface area (Å²) < 4.78 is 0. The van der Waals surface area contributed by atoms with Crippen LogP contribution in [0.3, 0.4) is 0 Å². The molecule has 1 heterocycles. The highest BCUT2D eigenvalue weighted by atomic mass is 16.2. The summed E-state index contributed by atoms with van der Waals surface area (Å²) in [7, 11) is 3.31. The highest BCUT2D eigenvalue weighted by molar-refractivity contribution is 5.93. The number of H-pyrrole nitrogens is 1. The Labute approximate surface area is 70.2 Å². The highest BCUT2D eigenvalue weighted by Crippen LogP contribution is 2.01. The zero-order chi connectivity index (χ0) is 9.14. The van der Waals surface area contributed by atoms with E-state index in [4.69, 9.17) is 0 Å². The second-order valence-electron chi connectivity index (χ2n) is 2.64. The fourth-order valence-corrected chi connectivity index (χ4v) is 0.846. The fraction of sp³-hybridized carbons (Fsp3) is 0.250. The molecule has 0 unspecified atom stereocenters. The van der Waals surface area contributed by atoms with Gasteiger partial charge >= 0.3 is 0 Å². The Bertz CT molecular complexity index is 302. The van der Waals surface area contributed by atoms with Gasteiger partial charge in [0.15, 0.2) is 6.29 Å². The van der Waals surface area contributed by atoms with Crippen molar-refractivity contribution in [2.75, 3.05) is 14.1 Å². The molecular formula is C8H10N2O2. The third kappa shape index (κ3) is 1.53. The summed E-state index contributed by atoms with van der Waals surface area (Å²) in [6.45, 7) is 0. The molecule has 1 aromatic rings. The van der Waals surface area contributed by atoms with E-state index in [-0.39, 0.29) is 5.91 Å². The lowest BCUT2D eigenvalue weighted by Crippen LogP contribution is -2.21. The van der Waals surface area contributed by atoms with Crippen molar-refractivity contribution in [2.24, 2.45) is 0 Å². The standard InChI is InChI=1S/C8H10N2O2/c1-10(2)8(12)7-4-3-6(5-11)9-7/h3-5,9H,1-2H3. The molecule has 12 heavy (non-hydrogen) atoms. The molecule has 1 rings (SSSR count). The van der Waals surface area contributed by atoms with E-state index < -0.39 is 0 Å². The molecule has 0 aliphatic heterocycles. The molecule has 0 spiro atoms. The number of nitrogens with zero attached hydrogens (tertiary/aromatic N) is 1. The normalized spacial score (nSPS) is 9.50. The number of rotatable bonds is 2. The maximum absolute atomic E-state index is 11.3. The number of nitrogens with one attached hydrogen (secondary N) is 1. The van der Waals surface area contributed by atoms with Crippen LogP contribution in [-0.2, 0) is 0 Å². The number of aromatic nitrogens is 1. The molecule has 1 aromatic heterocycles. The Hall–Kier alpha value is -1.58. The SMILES string of the molecule is CN(C)C(=O)c1ccc(C=O)[nH]1. The van der Waals surface area contributed by atoms with Gasteiger partial charge in [-0.1, -0.05) is 0 Å². The number of aromatic amines is 1. The van der Waals surface area contributed by atoms with Crippen molar-refractivity contribution < 1.29 is 9.59 Å². The van der Waals surface area contributed by atoms with E-state index in [1.807, 2.05) is 0 Å². The van der Waals surface area contributed by atoms with Crippen molar-refractivity contribution in [1.82, 2.24) is 9.88 Å². The number of aldehydes is 1. The smallest absolute Gasteiger partial charge is 0.269 e. The van der Waals surface area contributed by atoms with Crippen LogP contribution in [0.1, 0.15) is 21.0 Å². The molecule has 0 fully saturated rings. The van der Waals surface area contributed by atoms with Gasteiger partial charge in [0, 0.05) is 14.1 Å². The molecule has 1 amide bonds. The molecule has 0 aliphatic carbocycles. The second kappa shape index (κ2) is 3.21. The third-order valence-electron chi connectivity index (χ3n) is 1.47. The van der Waals surface area contributed by atoms with Crippen molar-refractivity contribution in [3.63, 3.8) is 0 Å². The van der Waals surface area contributed by atoms with Crippen LogP contribution in [0.4, 0.5) is 0 Å². The summed E-state index contributed by atoms with van der Waals surface area (Å²) in [5.41, 5.74) is 0.849. The number of hydrogen-bond acceptors (Lipinski definition) is 2. The Kier molecular flexibility index (Phi) is 2.28. The average Bonchev–Trinajstić information content (AvgIpc) is 2.50. The molecule has 4 nitrogen and oxygen atoms in total. The molecule has 0 bridgehead atoms. The van der Waals surface area contributed by atoms with Crippen LogP contribution in [0.25, 0.3) is 0 Å². The molecule has 4 heteroatoms. The van der Waals surface area contributed by atoms with Crippen LogP contribution >= 0.6 is 0 Å². The van der Waals surface area contributed by atoms with Gasteiger partial charge in [0.2, 0.25) is 0 Å². The van der Waals surface area contributed by atoms with Crippen molar-refractivity contribution in [1.29, 1.82) is 0 Å². The van der Waals surface area contributed by atoms with E-state index in [1.165, 1.54) is 4.90 Å². The summed E-state index contributed by atoms with van der Waals surface area (Å²) in [6.07, 6.45) is 0.673. The van der Waals surface area contributed by atoms with Crippen molar-refractivity contribution >= 4 is 12.2 Å². The van der Waals surface area contributed by atoms with Crippen LogP contribution < -0.4 is 0 Å². The lowest BCUT2D eigenvalue weighted by molar-refractivity contribution is 0.0822. The van der Waals surface area contributed by atoms with Gasteiger partial charge in [0.1, 0.15) is 5.69 Å². The van der Waals surface area contributed by atoms with Crippen LogP contribution in [0, 0.1) is 0 Å². The predicted octanol–water partition coefficient (Wildman–Crippen LogP) is 0.529. The first kappa shape index (κ1) is 8.52. The van der Waals surface area contributed by atoms with Crippen molar-refractivity contribution in [2.45, 2.75) is 0 Å². The summed E-state index contributed by atoms with van der Waals surface area (Å²) >= 11 is 0.